The molecule has 1 aromatic carbocycles. The third kappa shape index (κ3) is 35.4. The van der Waals surface area contributed by atoms with Gasteiger partial charge in [0.15, 0.2) is 0 Å². The van der Waals surface area contributed by atoms with Gasteiger partial charge in [0.05, 0.1) is 145 Å². The number of benzene rings is 1. The van der Waals surface area contributed by atoms with Crippen LogP contribution in [-0.4, -0.2) is 171 Å². The van der Waals surface area contributed by atoms with E-state index in [0.29, 0.717) is 152 Å². The van der Waals surface area contributed by atoms with Crippen LogP contribution in [0.3, 0.4) is 0 Å². The molecule has 0 aliphatic heterocycles. The topological polar surface area (TPSA) is 166 Å². The van der Waals surface area contributed by atoms with Gasteiger partial charge in [0.1, 0.15) is 13.2 Å². The molecular formula is C35H59NO15. The van der Waals surface area contributed by atoms with Gasteiger partial charge in [-0.3, -0.25) is 0 Å². The predicted octanol–water partition coefficient (Wildman–Crippen LogP) is 1.82. The van der Waals surface area contributed by atoms with Gasteiger partial charge in [-0.05, 0) is 5.56 Å². The first-order valence-corrected chi connectivity index (χ1v) is 17.3. The Labute approximate surface area is 302 Å². The Morgan fingerprint density at radius 1 is 0.451 bits per heavy atom. The van der Waals surface area contributed by atoms with Crippen molar-refractivity contribution in [2.24, 2.45) is 0 Å². The Balaban J connectivity index is 1.63. The van der Waals surface area contributed by atoms with Gasteiger partial charge in [0, 0.05) is 12.6 Å². The van der Waals surface area contributed by atoms with Crippen molar-refractivity contribution >= 4 is 12.1 Å². The Bertz CT molecular complexity index is 912. The van der Waals surface area contributed by atoms with Gasteiger partial charge in [0.25, 0.3) is 0 Å². The first kappa shape index (κ1) is 46.3. The molecule has 294 valence electrons. The van der Waals surface area contributed by atoms with Crippen LogP contribution in [0.5, 0.6) is 0 Å². The fraction of sp³-hybridized carbons (Fsp3) is 0.714. The van der Waals surface area contributed by atoms with E-state index in [9.17, 15) is 9.59 Å². The smallest absolute Gasteiger partial charge is 0.407 e. The monoisotopic (exact) mass is 733 g/mol. The molecular weight excluding hydrogens is 674 g/mol. The van der Waals surface area contributed by atoms with Crippen LogP contribution in [0.25, 0.3) is 0 Å². The van der Waals surface area contributed by atoms with E-state index >= 15 is 0 Å². The number of nitrogens with one attached hydrogen (secondary N) is 1. The highest BCUT2D eigenvalue weighted by molar-refractivity contribution is 5.81. The molecule has 0 bridgehead atoms. The summed E-state index contributed by atoms with van der Waals surface area (Å²) in [5, 5.41) is 2.64. The van der Waals surface area contributed by atoms with Crippen LogP contribution in [0, 0.1) is 0 Å². The highest BCUT2D eigenvalue weighted by Crippen LogP contribution is 2.00. The van der Waals surface area contributed by atoms with Gasteiger partial charge < -0.3 is 66.9 Å². The van der Waals surface area contributed by atoms with Crippen molar-refractivity contribution in [2.75, 3.05) is 159 Å². The van der Waals surface area contributed by atoms with Crippen molar-refractivity contribution in [1.29, 1.82) is 0 Å². The number of esters is 1. The molecule has 0 aromatic heterocycles. The fourth-order valence-electron chi connectivity index (χ4n) is 3.56. The highest BCUT2D eigenvalue weighted by Gasteiger charge is 2.02. The quantitative estimate of drug-likeness (QED) is 0.0591. The zero-order valence-corrected chi connectivity index (χ0v) is 30.0. The molecule has 0 saturated carbocycles. The average Bonchev–Trinajstić information content (AvgIpc) is 3.15. The maximum Gasteiger partial charge on any atom is 0.407 e. The fourth-order valence-corrected chi connectivity index (χ4v) is 3.56. The maximum atomic E-state index is 11.6. The number of carbonyl (C=O) groups is 2. The third-order valence-electron chi connectivity index (χ3n) is 6.09. The first-order chi connectivity index (χ1) is 25.2. The summed E-state index contributed by atoms with van der Waals surface area (Å²) in [7, 11) is 0. The lowest BCUT2D eigenvalue weighted by Crippen LogP contribution is -2.28. The molecule has 0 fully saturated rings. The summed E-state index contributed by atoms with van der Waals surface area (Å²) in [4.78, 5) is 22.5. The SMILES string of the molecule is C=CC(=O)OCCOCCOCCOCCOCCOCCOCCOCCOCCOCCOCCOCCNC(=O)OCc1ccccc1. The Hall–Kier alpha value is -2.74. The minimum Gasteiger partial charge on any atom is -0.460 e. The Morgan fingerprint density at radius 2 is 0.765 bits per heavy atom. The molecule has 0 aliphatic rings. The van der Waals surface area contributed by atoms with Gasteiger partial charge in [-0.2, -0.15) is 0 Å². The third-order valence-corrected chi connectivity index (χ3v) is 6.09. The van der Waals surface area contributed by atoms with Crippen LogP contribution in [0.2, 0.25) is 0 Å². The van der Waals surface area contributed by atoms with Crippen molar-refractivity contribution in [3.05, 3.63) is 48.6 Å². The van der Waals surface area contributed by atoms with Crippen molar-refractivity contribution < 1.29 is 71.2 Å². The van der Waals surface area contributed by atoms with E-state index in [0.717, 1.165) is 11.6 Å². The van der Waals surface area contributed by atoms with E-state index in [1.807, 2.05) is 30.3 Å². The summed E-state index contributed by atoms with van der Waals surface area (Å²) in [6.07, 6.45) is 0.637. The minimum absolute atomic E-state index is 0.193. The van der Waals surface area contributed by atoms with Crippen molar-refractivity contribution in [2.45, 2.75) is 6.61 Å². The van der Waals surface area contributed by atoms with E-state index in [2.05, 4.69) is 11.9 Å². The lowest BCUT2D eigenvalue weighted by molar-refractivity contribution is -0.139. The molecule has 0 heterocycles. The van der Waals surface area contributed by atoms with Gasteiger partial charge >= 0.3 is 12.1 Å². The van der Waals surface area contributed by atoms with E-state index in [4.69, 9.17) is 61.6 Å². The molecule has 1 aromatic rings. The van der Waals surface area contributed by atoms with Crippen LogP contribution >= 0.6 is 0 Å². The molecule has 0 atom stereocenters. The molecule has 1 amide bonds. The second-order valence-electron chi connectivity index (χ2n) is 10.1. The maximum absolute atomic E-state index is 11.6. The molecule has 51 heavy (non-hydrogen) atoms. The molecule has 0 radical (unpaired) electrons. The Morgan fingerprint density at radius 3 is 1.10 bits per heavy atom. The number of hydrogen-bond donors (Lipinski definition) is 1. The number of rotatable bonds is 39. The van der Waals surface area contributed by atoms with Crippen LogP contribution in [0.4, 0.5) is 4.79 Å². The molecule has 0 aliphatic carbocycles. The molecule has 0 unspecified atom stereocenters. The second-order valence-corrected chi connectivity index (χ2v) is 10.1. The van der Waals surface area contributed by atoms with Crippen molar-refractivity contribution in [1.82, 2.24) is 5.32 Å². The summed E-state index contributed by atoms with van der Waals surface area (Å²) in [5.41, 5.74) is 0.934. The van der Waals surface area contributed by atoms with Gasteiger partial charge in [-0.15, -0.1) is 0 Å². The number of hydrogen-bond acceptors (Lipinski definition) is 15. The van der Waals surface area contributed by atoms with Crippen LogP contribution in [0.1, 0.15) is 5.56 Å². The number of amides is 1. The van der Waals surface area contributed by atoms with Crippen LogP contribution in [0.15, 0.2) is 43.0 Å². The zero-order valence-electron chi connectivity index (χ0n) is 30.0. The van der Waals surface area contributed by atoms with Crippen molar-refractivity contribution in [3.8, 4) is 0 Å². The Kier molecular flexibility index (Phi) is 34.9. The molecule has 1 N–H and O–H groups in total. The average molecular weight is 734 g/mol. The van der Waals surface area contributed by atoms with Gasteiger partial charge in [-0.25, -0.2) is 9.59 Å². The van der Waals surface area contributed by atoms with Gasteiger partial charge in [0.2, 0.25) is 0 Å². The van der Waals surface area contributed by atoms with E-state index < -0.39 is 12.1 Å². The molecule has 16 heteroatoms. The summed E-state index contributed by atoms with van der Waals surface area (Å²) in [6.45, 7) is 14.1. The summed E-state index contributed by atoms with van der Waals surface area (Å²) in [6, 6.07) is 9.49. The summed E-state index contributed by atoms with van der Waals surface area (Å²) >= 11 is 0. The first-order valence-electron chi connectivity index (χ1n) is 17.3. The zero-order chi connectivity index (χ0) is 36.6. The predicted molar refractivity (Wildman–Crippen MR) is 185 cm³/mol. The number of alkyl carbamates (subject to hydrolysis) is 1. The molecule has 0 saturated heterocycles. The van der Waals surface area contributed by atoms with E-state index in [-0.39, 0.29) is 13.2 Å². The van der Waals surface area contributed by atoms with E-state index in [1.54, 1.807) is 0 Å². The van der Waals surface area contributed by atoms with E-state index in [1.165, 1.54) is 0 Å². The molecule has 16 nitrogen and oxygen atoms in total. The molecule has 0 spiro atoms. The largest absolute Gasteiger partial charge is 0.460 e. The minimum atomic E-state index is -0.474. The van der Waals surface area contributed by atoms with Crippen molar-refractivity contribution in [3.63, 3.8) is 0 Å². The van der Waals surface area contributed by atoms with Crippen LogP contribution < -0.4 is 5.32 Å². The summed E-state index contributed by atoms with van der Waals surface area (Å²) < 4.78 is 69.6. The second kappa shape index (κ2) is 38.5. The highest BCUT2D eigenvalue weighted by atomic mass is 16.6. The standard InChI is InChI=1S/C35H59NO15/c1-2-34(37)50-31-30-49-29-28-48-27-26-47-25-24-46-23-22-45-21-20-44-19-18-43-17-16-42-15-14-41-13-12-40-11-10-39-9-8-36-35(38)51-32-33-6-4-3-5-7-33/h2-7H,1,8-32H2,(H,36,38). The summed E-state index contributed by atoms with van der Waals surface area (Å²) in [5.74, 6) is -0.464. The normalized spacial score (nSPS) is 11.1. The number of carbonyl (C=O) groups excluding carboxylic acids is 2. The lowest BCUT2D eigenvalue weighted by Gasteiger charge is -2.09. The lowest BCUT2D eigenvalue weighted by atomic mass is 10.2. The number of ether oxygens (including phenoxy) is 13. The van der Waals surface area contributed by atoms with Crippen LogP contribution in [-0.2, 0) is 73.0 Å². The molecule has 1 rings (SSSR count). The van der Waals surface area contributed by atoms with Gasteiger partial charge in [-0.1, -0.05) is 36.9 Å².